The standard InChI is InChI=1S/C22H24N2O4/c1-14(2)16-4-6-18(7-5-16)24-12-17(10-21(24)25)22(26)23-11-15-3-8-19-20(9-15)28-13-27-19/h3-9,14,17H,10-13H2,1-2H3,(H,23,26). The quantitative estimate of drug-likeness (QED) is 0.865. The molecule has 2 aromatic carbocycles. The summed E-state index contributed by atoms with van der Waals surface area (Å²) in [6.07, 6.45) is 0.235. The van der Waals surface area contributed by atoms with Crippen molar-refractivity contribution < 1.29 is 19.1 Å². The van der Waals surface area contributed by atoms with Gasteiger partial charge in [-0.1, -0.05) is 32.0 Å². The molecule has 2 aliphatic rings. The average molecular weight is 380 g/mol. The number of hydrogen-bond donors (Lipinski definition) is 1. The highest BCUT2D eigenvalue weighted by Crippen LogP contribution is 2.32. The van der Waals surface area contributed by atoms with E-state index < -0.39 is 0 Å². The summed E-state index contributed by atoms with van der Waals surface area (Å²) in [5.41, 5.74) is 3.01. The monoisotopic (exact) mass is 380 g/mol. The summed E-state index contributed by atoms with van der Waals surface area (Å²) in [6, 6.07) is 13.6. The van der Waals surface area contributed by atoms with Crippen LogP contribution >= 0.6 is 0 Å². The maximum Gasteiger partial charge on any atom is 0.231 e. The molecule has 28 heavy (non-hydrogen) atoms. The molecule has 6 heteroatoms. The van der Waals surface area contributed by atoms with Crippen LogP contribution in [0.15, 0.2) is 42.5 Å². The van der Waals surface area contributed by atoms with Crippen LogP contribution in [0.25, 0.3) is 0 Å². The number of benzene rings is 2. The zero-order chi connectivity index (χ0) is 19.7. The van der Waals surface area contributed by atoms with Gasteiger partial charge < -0.3 is 19.7 Å². The molecule has 2 aliphatic heterocycles. The van der Waals surface area contributed by atoms with Crippen LogP contribution in [0.3, 0.4) is 0 Å². The summed E-state index contributed by atoms with van der Waals surface area (Å²) in [7, 11) is 0. The summed E-state index contributed by atoms with van der Waals surface area (Å²) >= 11 is 0. The Hall–Kier alpha value is -3.02. The van der Waals surface area contributed by atoms with E-state index in [-0.39, 0.29) is 30.9 Å². The van der Waals surface area contributed by atoms with E-state index in [1.165, 1.54) is 5.56 Å². The first-order valence-electron chi connectivity index (χ1n) is 9.58. The van der Waals surface area contributed by atoms with Crippen molar-refractivity contribution in [3.8, 4) is 11.5 Å². The Bertz CT molecular complexity index is 892. The first kappa shape index (κ1) is 18.3. The van der Waals surface area contributed by atoms with E-state index >= 15 is 0 Å². The third-order valence-corrected chi connectivity index (χ3v) is 5.27. The molecule has 0 spiro atoms. The van der Waals surface area contributed by atoms with E-state index in [2.05, 4.69) is 19.2 Å². The molecule has 1 N–H and O–H groups in total. The number of amides is 2. The fraction of sp³-hybridized carbons (Fsp3) is 0.364. The van der Waals surface area contributed by atoms with Crippen molar-refractivity contribution in [2.75, 3.05) is 18.2 Å². The van der Waals surface area contributed by atoms with Crippen LogP contribution in [-0.2, 0) is 16.1 Å². The van der Waals surface area contributed by atoms with E-state index in [1.807, 2.05) is 42.5 Å². The highest BCUT2D eigenvalue weighted by molar-refractivity contribution is 6.00. The van der Waals surface area contributed by atoms with E-state index in [0.29, 0.717) is 24.8 Å². The Labute approximate surface area is 164 Å². The molecule has 0 radical (unpaired) electrons. The number of ether oxygens (including phenoxy) is 2. The smallest absolute Gasteiger partial charge is 0.231 e. The third kappa shape index (κ3) is 3.67. The van der Waals surface area contributed by atoms with Gasteiger partial charge in [-0.2, -0.15) is 0 Å². The summed E-state index contributed by atoms with van der Waals surface area (Å²) in [5.74, 6) is 1.39. The van der Waals surface area contributed by atoms with Crippen molar-refractivity contribution in [1.82, 2.24) is 5.32 Å². The Kier molecular flexibility index (Phi) is 4.94. The second kappa shape index (κ2) is 7.54. The van der Waals surface area contributed by atoms with Crippen LogP contribution in [0.4, 0.5) is 5.69 Å². The van der Waals surface area contributed by atoms with Crippen molar-refractivity contribution in [3.63, 3.8) is 0 Å². The molecule has 1 fully saturated rings. The van der Waals surface area contributed by atoms with Gasteiger partial charge in [-0.05, 0) is 41.3 Å². The van der Waals surface area contributed by atoms with Gasteiger partial charge in [0.2, 0.25) is 18.6 Å². The van der Waals surface area contributed by atoms with Crippen LogP contribution in [-0.4, -0.2) is 25.2 Å². The zero-order valence-electron chi connectivity index (χ0n) is 16.1. The predicted octanol–water partition coefficient (Wildman–Crippen LogP) is 3.21. The van der Waals surface area contributed by atoms with E-state index in [1.54, 1.807) is 4.90 Å². The second-order valence-corrected chi connectivity index (χ2v) is 7.56. The van der Waals surface area contributed by atoms with Crippen molar-refractivity contribution in [3.05, 3.63) is 53.6 Å². The minimum atomic E-state index is -0.341. The van der Waals surface area contributed by atoms with Crippen molar-refractivity contribution in [1.29, 1.82) is 0 Å². The SMILES string of the molecule is CC(C)c1ccc(N2CC(C(=O)NCc3ccc4c(c3)OCO4)CC2=O)cc1. The molecular weight excluding hydrogens is 356 g/mol. The molecular formula is C22H24N2O4. The number of hydrogen-bond acceptors (Lipinski definition) is 4. The number of carbonyl (C=O) groups is 2. The first-order valence-corrected chi connectivity index (χ1v) is 9.58. The highest BCUT2D eigenvalue weighted by Gasteiger charge is 2.35. The predicted molar refractivity (Wildman–Crippen MR) is 105 cm³/mol. The number of carbonyl (C=O) groups excluding carboxylic acids is 2. The van der Waals surface area contributed by atoms with Crippen LogP contribution < -0.4 is 19.7 Å². The molecule has 1 unspecified atom stereocenters. The first-order chi connectivity index (χ1) is 13.5. The summed E-state index contributed by atoms with van der Waals surface area (Å²) in [6.45, 7) is 5.30. The Morgan fingerprint density at radius 1 is 1.14 bits per heavy atom. The van der Waals surface area contributed by atoms with Gasteiger partial charge in [0.15, 0.2) is 11.5 Å². The molecule has 0 saturated carbocycles. The summed E-state index contributed by atoms with van der Waals surface area (Å²) in [5, 5.41) is 2.93. The maximum absolute atomic E-state index is 12.6. The van der Waals surface area contributed by atoms with Crippen LogP contribution in [0, 0.1) is 5.92 Å². The van der Waals surface area contributed by atoms with E-state index in [4.69, 9.17) is 9.47 Å². The molecule has 146 valence electrons. The second-order valence-electron chi connectivity index (χ2n) is 7.56. The Balaban J connectivity index is 1.36. The summed E-state index contributed by atoms with van der Waals surface area (Å²) in [4.78, 5) is 26.7. The molecule has 2 heterocycles. The molecule has 2 amide bonds. The third-order valence-electron chi connectivity index (χ3n) is 5.27. The molecule has 1 atom stereocenters. The fourth-order valence-corrected chi connectivity index (χ4v) is 3.56. The molecule has 4 rings (SSSR count). The molecule has 0 aromatic heterocycles. The maximum atomic E-state index is 12.6. The lowest BCUT2D eigenvalue weighted by atomic mass is 10.0. The number of rotatable bonds is 5. The molecule has 1 saturated heterocycles. The van der Waals surface area contributed by atoms with Crippen molar-refractivity contribution in [2.45, 2.75) is 32.7 Å². The number of nitrogens with zero attached hydrogens (tertiary/aromatic N) is 1. The normalized spacial score (nSPS) is 18.0. The van der Waals surface area contributed by atoms with Gasteiger partial charge in [0.1, 0.15) is 0 Å². The van der Waals surface area contributed by atoms with Gasteiger partial charge in [0.05, 0.1) is 5.92 Å². The number of anilines is 1. The summed E-state index contributed by atoms with van der Waals surface area (Å²) < 4.78 is 10.7. The Morgan fingerprint density at radius 3 is 2.64 bits per heavy atom. The zero-order valence-corrected chi connectivity index (χ0v) is 16.1. The van der Waals surface area contributed by atoms with Crippen molar-refractivity contribution in [2.24, 2.45) is 5.92 Å². The van der Waals surface area contributed by atoms with Gasteiger partial charge in [-0.15, -0.1) is 0 Å². The number of nitrogens with one attached hydrogen (secondary N) is 1. The lowest BCUT2D eigenvalue weighted by molar-refractivity contribution is -0.126. The molecule has 6 nitrogen and oxygen atoms in total. The fourth-order valence-electron chi connectivity index (χ4n) is 3.56. The molecule has 2 aromatic rings. The van der Waals surface area contributed by atoms with Gasteiger partial charge in [-0.3, -0.25) is 9.59 Å². The molecule has 0 aliphatic carbocycles. The van der Waals surface area contributed by atoms with Crippen LogP contribution in [0.5, 0.6) is 11.5 Å². The highest BCUT2D eigenvalue weighted by atomic mass is 16.7. The van der Waals surface area contributed by atoms with Gasteiger partial charge in [-0.25, -0.2) is 0 Å². The van der Waals surface area contributed by atoms with Crippen molar-refractivity contribution >= 4 is 17.5 Å². The van der Waals surface area contributed by atoms with Gasteiger partial charge in [0, 0.05) is 25.2 Å². The minimum Gasteiger partial charge on any atom is -0.454 e. The van der Waals surface area contributed by atoms with E-state index in [9.17, 15) is 9.59 Å². The minimum absolute atomic E-state index is 0.0134. The average Bonchev–Trinajstić information content (AvgIpc) is 3.32. The van der Waals surface area contributed by atoms with Gasteiger partial charge >= 0.3 is 0 Å². The lowest BCUT2D eigenvalue weighted by Crippen LogP contribution is -2.32. The molecule has 0 bridgehead atoms. The van der Waals surface area contributed by atoms with Gasteiger partial charge in [0.25, 0.3) is 0 Å². The Morgan fingerprint density at radius 2 is 1.89 bits per heavy atom. The largest absolute Gasteiger partial charge is 0.454 e. The lowest BCUT2D eigenvalue weighted by Gasteiger charge is -2.18. The topological polar surface area (TPSA) is 67.9 Å². The van der Waals surface area contributed by atoms with E-state index in [0.717, 1.165) is 17.0 Å². The van der Waals surface area contributed by atoms with Crippen LogP contribution in [0.1, 0.15) is 37.3 Å². The van der Waals surface area contributed by atoms with Crippen LogP contribution in [0.2, 0.25) is 0 Å². The number of fused-ring (bicyclic) bond motifs is 1.